The van der Waals surface area contributed by atoms with E-state index in [4.69, 9.17) is 22.1 Å². The first-order valence-corrected chi connectivity index (χ1v) is 9.87. The van der Waals surface area contributed by atoms with E-state index in [1.807, 2.05) is 30.0 Å². The van der Waals surface area contributed by atoms with Crippen molar-refractivity contribution in [2.24, 2.45) is 11.7 Å². The molecule has 0 aromatic heterocycles. The molecule has 0 aliphatic carbocycles. The van der Waals surface area contributed by atoms with Crippen molar-refractivity contribution in [1.82, 2.24) is 0 Å². The van der Waals surface area contributed by atoms with Gasteiger partial charge in [-0.05, 0) is 48.1 Å². The van der Waals surface area contributed by atoms with Crippen LogP contribution >= 0.6 is 11.6 Å². The van der Waals surface area contributed by atoms with Gasteiger partial charge in [0, 0.05) is 35.8 Å². The van der Waals surface area contributed by atoms with Crippen molar-refractivity contribution in [1.29, 1.82) is 0 Å². The van der Waals surface area contributed by atoms with Crippen LogP contribution in [0.3, 0.4) is 0 Å². The summed E-state index contributed by atoms with van der Waals surface area (Å²) in [5, 5.41) is 0.344. The SMILES string of the molecule is COC(=O)Oc1cc(C)c(C(N)CC(=O)N2CC(C)Cc3ccccc32)c(Cl)c1. The van der Waals surface area contributed by atoms with Gasteiger partial charge in [-0.3, -0.25) is 4.79 Å². The smallest absolute Gasteiger partial charge is 0.437 e. The Kier molecular flexibility index (Phi) is 6.45. The number of hydrogen-bond acceptors (Lipinski definition) is 5. The summed E-state index contributed by atoms with van der Waals surface area (Å²) in [7, 11) is 1.23. The van der Waals surface area contributed by atoms with Gasteiger partial charge in [0.25, 0.3) is 0 Å². The largest absolute Gasteiger partial charge is 0.513 e. The molecule has 3 rings (SSSR count). The lowest BCUT2D eigenvalue weighted by molar-refractivity contribution is -0.119. The number of amides is 1. The first-order chi connectivity index (χ1) is 13.8. The first kappa shape index (κ1) is 21.1. The molecule has 2 aromatic rings. The monoisotopic (exact) mass is 416 g/mol. The highest BCUT2D eigenvalue weighted by molar-refractivity contribution is 6.31. The minimum absolute atomic E-state index is 0.0400. The van der Waals surface area contributed by atoms with Crippen LogP contribution in [0.4, 0.5) is 10.5 Å². The van der Waals surface area contributed by atoms with Gasteiger partial charge < -0.3 is 20.1 Å². The number of halogens is 1. The van der Waals surface area contributed by atoms with Crippen LogP contribution in [0.15, 0.2) is 36.4 Å². The number of ether oxygens (including phenoxy) is 2. The number of aryl methyl sites for hydroxylation is 1. The zero-order chi connectivity index (χ0) is 21.1. The van der Waals surface area contributed by atoms with Crippen molar-refractivity contribution >= 4 is 29.4 Å². The van der Waals surface area contributed by atoms with E-state index in [1.165, 1.54) is 18.7 Å². The third-order valence-corrected chi connectivity index (χ3v) is 5.40. The molecule has 1 aliphatic rings. The number of fused-ring (bicyclic) bond motifs is 1. The van der Waals surface area contributed by atoms with E-state index >= 15 is 0 Å². The highest BCUT2D eigenvalue weighted by atomic mass is 35.5. The molecular formula is C22H25ClN2O4. The van der Waals surface area contributed by atoms with E-state index in [9.17, 15) is 9.59 Å². The van der Waals surface area contributed by atoms with E-state index in [0.29, 0.717) is 23.0 Å². The van der Waals surface area contributed by atoms with Crippen LogP contribution in [0.2, 0.25) is 5.02 Å². The number of methoxy groups -OCH3 is 1. The van der Waals surface area contributed by atoms with Crippen LogP contribution in [0, 0.1) is 12.8 Å². The molecule has 6 nitrogen and oxygen atoms in total. The van der Waals surface area contributed by atoms with Crippen molar-refractivity contribution in [3.05, 3.63) is 58.1 Å². The highest BCUT2D eigenvalue weighted by Gasteiger charge is 2.28. The van der Waals surface area contributed by atoms with Crippen LogP contribution < -0.4 is 15.4 Å². The molecule has 1 aliphatic heterocycles. The number of benzene rings is 2. The zero-order valence-corrected chi connectivity index (χ0v) is 17.5. The summed E-state index contributed by atoms with van der Waals surface area (Å²) in [4.78, 5) is 26.2. The van der Waals surface area contributed by atoms with Crippen molar-refractivity contribution in [2.75, 3.05) is 18.6 Å². The third-order valence-electron chi connectivity index (χ3n) is 5.09. The number of para-hydroxylation sites is 1. The summed E-state index contributed by atoms with van der Waals surface area (Å²) < 4.78 is 9.52. The lowest BCUT2D eigenvalue weighted by Gasteiger charge is -2.34. The Hall–Kier alpha value is -2.57. The van der Waals surface area contributed by atoms with Crippen LogP contribution in [0.25, 0.3) is 0 Å². The zero-order valence-electron chi connectivity index (χ0n) is 16.8. The number of rotatable bonds is 4. The lowest BCUT2D eigenvalue weighted by Crippen LogP contribution is -2.40. The van der Waals surface area contributed by atoms with E-state index in [2.05, 4.69) is 17.7 Å². The average Bonchev–Trinajstić information content (AvgIpc) is 2.66. The van der Waals surface area contributed by atoms with Gasteiger partial charge in [0.1, 0.15) is 5.75 Å². The van der Waals surface area contributed by atoms with Crippen molar-refractivity contribution in [2.45, 2.75) is 32.7 Å². The second kappa shape index (κ2) is 8.84. The van der Waals surface area contributed by atoms with Crippen molar-refractivity contribution < 1.29 is 19.1 Å². The number of nitrogens with zero attached hydrogens (tertiary/aromatic N) is 1. The average molecular weight is 417 g/mol. The van der Waals surface area contributed by atoms with Crippen molar-refractivity contribution in [3.8, 4) is 5.75 Å². The number of anilines is 1. The quantitative estimate of drug-likeness (QED) is 0.589. The Balaban J connectivity index is 1.79. The van der Waals surface area contributed by atoms with Gasteiger partial charge in [0.2, 0.25) is 5.91 Å². The van der Waals surface area contributed by atoms with Crippen molar-refractivity contribution in [3.63, 3.8) is 0 Å². The number of carbonyl (C=O) groups is 2. The summed E-state index contributed by atoms with van der Waals surface area (Å²) in [6.07, 6.45) is 0.253. The molecule has 0 saturated heterocycles. The Morgan fingerprint density at radius 1 is 1.31 bits per heavy atom. The minimum atomic E-state index is -0.828. The van der Waals surface area contributed by atoms with Gasteiger partial charge in [-0.2, -0.15) is 0 Å². The molecule has 1 amide bonds. The van der Waals surface area contributed by atoms with Crippen LogP contribution in [-0.2, 0) is 16.0 Å². The predicted octanol–water partition coefficient (Wildman–Crippen LogP) is 4.41. The van der Waals surface area contributed by atoms with E-state index in [0.717, 1.165) is 17.7 Å². The fourth-order valence-corrected chi connectivity index (χ4v) is 4.22. The molecule has 154 valence electrons. The number of nitrogens with two attached hydrogens (primary N) is 1. The summed E-state index contributed by atoms with van der Waals surface area (Å²) in [5.74, 6) is 0.604. The maximum atomic E-state index is 13.1. The van der Waals surface area contributed by atoms with Gasteiger partial charge in [-0.1, -0.05) is 36.7 Å². The Bertz CT molecular complexity index is 908. The second-order valence-corrected chi connectivity index (χ2v) is 7.85. The number of hydrogen-bond donors (Lipinski definition) is 1. The van der Waals surface area contributed by atoms with Gasteiger partial charge in [-0.15, -0.1) is 0 Å². The predicted molar refractivity (Wildman–Crippen MR) is 112 cm³/mol. The summed E-state index contributed by atoms with van der Waals surface area (Å²) in [5.41, 5.74) is 9.90. The maximum absolute atomic E-state index is 13.1. The molecule has 2 atom stereocenters. The second-order valence-electron chi connectivity index (χ2n) is 7.44. The molecule has 2 aromatic carbocycles. The van der Waals surface area contributed by atoms with Crippen LogP contribution in [0.1, 0.15) is 36.1 Å². The molecule has 0 fully saturated rings. The third kappa shape index (κ3) is 4.71. The first-order valence-electron chi connectivity index (χ1n) is 9.49. The standard InChI is InChI=1S/C22H25ClN2O4/c1-13-8-15-6-4-5-7-19(15)25(12-13)20(26)11-18(24)21-14(2)9-16(10-17(21)23)29-22(27)28-3/h4-7,9-10,13,18H,8,11-12,24H2,1-3H3. The number of carbonyl (C=O) groups excluding carboxylic acids is 2. The topological polar surface area (TPSA) is 81.9 Å². The molecule has 0 bridgehead atoms. The fraction of sp³-hybridized carbons (Fsp3) is 0.364. The van der Waals surface area contributed by atoms with Gasteiger partial charge in [0.15, 0.2) is 0 Å². The maximum Gasteiger partial charge on any atom is 0.513 e. The summed E-state index contributed by atoms with van der Waals surface area (Å²) >= 11 is 6.39. The molecule has 0 saturated carbocycles. The molecule has 7 heteroatoms. The molecule has 2 N–H and O–H groups in total. The van der Waals surface area contributed by atoms with Crippen LogP contribution in [0.5, 0.6) is 5.75 Å². The van der Waals surface area contributed by atoms with Crippen LogP contribution in [-0.4, -0.2) is 25.7 Å². The molecule has 0 spiro atoms. The Morgan fingerprint density at radius 3 is 2.72 bits per heavy atom. The molecule has 2 unspecified atom stereocenters. The Morgan fingerprint density at radius 2 is 2.03 bits per heavy atom. The normalized spacial score (nSPS) is 16.7. The molecule has 29 heavy (non-hydrogen) atoms. The van der Waals surface area contributed by atoms with Gasteiger partial charge >= 0.3 is 6.16 Å². The molecular weight excluding hydrogens is 392 g/mol. The lowest BCUT2D eigenvalue weighted by atomic mass is 9.92. The summed E-state index contributed by atoms with van der Waals surface area (Å²) in [6.45, 7) is 4.62. The van der Waals surface area contributed by atoms with E-state index < -0.39 is 12.2 Å². The molecule has 1 heterocycles. The summed E-state index contributed by atoms with van der Waals surface area (Å²) in [6, 6.07) is 10.5. The van der Waals surface area contributed by atoms with Gasteiger partial charge in [0.05, 0.1) is 7.11 Å². The van der Waals surface area contributed by atoms with E-state index in [1.54, 1.807) is 6.07 Å². The van der Waals surface area contributed by atoms with Gasteiger partial charge in [-0.25, -0.2) is 4.79 Å². The fourth-order valence-electron chi connectivity index (χ4n) is 3.82. The minimum Gasteiger partial charge on any atom is -0.437 e. The van der Waals surface area contributed by atoms with E-state index in [-0.39, 0.29) is 18.1 Å². The Labute approximate surface area is 175 Å². The molecule has 0 radical (unpaired) electrons. The highest BCUT2D eigenvalue weighted by Crippen LogP contribution is 2.34.